The minimum absolute atomic E-state index is 0.0740. The topological polar surface area (TPSA) is 50.8 Å². The fraction of sp³-hybridized carbons (Fsp3) is 0.389. The standard InChI is InChI=1S/C18H21ClN2O3S/c1-23-15-10-16(24-2)13(9-12(15)19)20-11-18(22)21-7-3-5-14(21)17-6-4-8-25-17/h4,6,8-10,14,20H,3,5,7,11H2,1-2H3. The molecular formula is C18H21ClN2O3S. The predicted octanol–water partition coefficient (Wildman–Crippen LogP) is 4.19. The van der Waals surface area contributed by atoms with Crippen molar-refractivity contribution in [2.45, 2.75) is 18.9 Å². The van der Waals surface area contributed by atoms with Crippen LogP contribution in [-0.4, -0.2) is 38.1 Å². The highest BCUT2D eigenvalue weighted by molar-refractivity contribution is 7.10. The fourth-order valence-corrected chi connectivity index (χ4v) is 4.23. The van der Waals surface area contributed by atoms with E-state index < -0.39 is 0 Å². The molecule has 134 valence electrons. The predicted molar refractivity (Wildman–Crippen MR) is 101 cm³/mol. The lowest BCUT2D eigenvalue weighted by atomic mass is 10.2. The van der Waals surface area contributed by atoms with Crippen molar-refractivity contribution < 1.29 is 14.3 Å². The number of benzene rings is 1. The molecule has 1 atom stereocenters. The fourth-order valence-electron chi connectivity index (χ4n) is 3.11. The van der Waals surface area contributed by atoms with Crippen molar-refractivity contribution in [3.05, 3.63) is 39.5 Å². The summed E-state index contributed by atoms with van der Waals surface area (Å²) in [4.78, 5) is 15.9. The van der Waals surface area contributed by atoms with E-state index in [1.165, 1.54) is 4.88 Å². The molecule has 1 saturated heterocycles. The molecule has 1 N–H and O–H groups in total. The Bertz CT molecular complexity index is 736. The van der Waals surface area contributed by atoms with E-state index in [9.17, 15) is 4.79 Å². The maximum Gasteiger partial charge on any atom is 0.242 e. The lowest BCUT2D eigenvalue weighted by Crippen LogP contribution is -2.34. The van der Waals surface area contributed by atoms with E-state index in [2.05, 4.69) is 16.8 Å². The highest BCUT2D eigenvalue weighted by atomic mass is 35.5. The lowest BCUT2D eigenvalue weighted by molar-refractivity contribution is -0.130. The summed E-state index contributed by atoms with van der Waals surface area (Å²) in [6, 6.07) is 7.74. The van der Waals surface area contributed by atoms with E-state index in [0.29, 0.717) is 22.2 Å². The number of carbonyl (C=O) groups excluding carboxylic acids is 1. The smallest absolute Gasteiger partial charge is 0.242 e. The van der Waals surface area contributed by atoms with Crippen LogP contribution in [0.5, 0.6) is 11.5 Å². The molecule has 0 aliphatic carbocycles. The lowest BCUT2D eigenvalue weighted by Gasteiger charge is -2.24. The Morgan fingerprint density at radius 3 is 2.84 bits per heavy atom. The molecule has 3 rings (SSSR count). The number of hydrogen-bond donors (Lipinski definition) is 1. The average molecular weight is 381 g/mol. The van der Waals surface area contributed by atoms with Crippen LogP contribution in [-0.2, 0) is 4.79 Å². The number of likely N-dealkylation sites (tertiary alicyclic amines) is 1. The van der Waals surface area contributed by atoms with Gasteiger partial charge in [0.15, 0.2) is 0 Å². The number of carbonyl (C=O) groups is 1. The Morgan fingerprint density at radius 2 is 2.16 bits per heavy atom. The second kappa shape index (κ2) is 7.97. The van der Waals surface area contributed by atoms with E-state index in [-0.39, 0.29) is 18.5 Å². The largest absolute Gasteiger partial charge is 0.495 e. The molecular weight excluding hydrogens is 360 g/mol. The summed E-state index contributed by atoms with van der Waals surface area (Å²) in [5.74, 6) is 1.20. The summed E-state index contributed by atoms with van der Waals surface area (Å²) in [5.41, 5.74) is 0.675. The number of nitrogens with one attached hydrogen (secondary N) is 1. The van der Waals surface area contributed by atoms with Gasteiger partial charge in [-0.15, -0.1) is 11.3 Å². The number of methoxy groups -OCH3 is 2. The summed E-state index contributed by atoms with van der Waals surface area (Å²) in [7, 11) is 3.12. The zero-order valence-corrected chi connectivity index (χ0v) is 15.8. The Labute approximate surface area is 156 Å². The van der Waals surface area contributed by atoms with Crippen LogP contribution in [0.4, 0.5) is 5.69 Å². The normalized spacial score (nSPS) is 16.8. The molecule has 1 aliphatic rings. The van der Waals surface area contributed by atoms with Crippen LogP contribution in [0, 0.1) is 0 Å². The molecule has 1 aromatic heterocycles. The molecule has 7 heteroatoms. The molecule has 2 aromatic rings. The third kappa shape index (κ3) is 3.85. The van der Waals surface area contributed by atoms with Crippen LogP contribution >= 0.6 is 22.9 Å². The SMILES string of the molecule is COc1cc(OC)c(NCC(=O)N2CCCC2c2cccs2)cc1Cl. The molecule has 0 radical (unpaired) electrons. The molecule has 1 aliphatic heterocycles. The van der Waals surface area contributed by atoms with E-state index >= 15 is 0 Å². The van der Waals surface area contributed by atoms with Gasteiger partial charge in [-0.3, -0.25) is 4.79 Å². The van der Waals surface area contributed by atoms with Crippen molar-refractivity contribution in [2.75, 3.05) is 32.6 Å². The van der Waals surface area contributed by atoms with Gasteiger partial charge < -0.3 is 19.7 Å². The zero-order valence-electron chi connectivity index (χ0n) is 14.3. The molecule has 0 bridgehead atoms. The first-order valence-corrected chi connectivity index (χ1v) is 9.38. The third-order valence-corrected chi connectivity index (χ3v) is 5.62. The van der Waals surface area contributed by atoms with Crippen LogP contribution in [0.3, 0.4) is 0 Å². The van der Waals surface area contributed by atoms with Crippen LogP contribution in [0.25, 0.3) is 0 Å². The van der Waals surface area contributed by atoms with Crippen molar-refractivity contribution in [1.29, 1.82) is 0 Å². The molecule has 1 amide bonds. The van der Waals surface area contributed by atoms with Gasteiger partial charge in [0.1, 0.15) is 11.5 Å². The van der Waals surface area contributed by atoms with Crippen LogP contribution in [0.1, 0.15) is 23.8 Å². The zero-order chi connectivity index (χ0) is 17.8. The van der Waals surface area contributed by atoms with Crippen molar-refractivity contribution in [3.8, 4) is 11.5 Å². The molecule has 0 spiro atoms. The molecule has 25 heavy (non-hydrogen) atoms. The summed E-state index contributed by atoms with van der Waals surface area (Å²) in [5, 5.41) is 5.67. The van der Waals surface area contributed by atoms with Gasteiger partial charge in [0.05, 0.1) is 37.5 Å². The Morgan fingerprint density at radius 1 is 1.36 bits per heavy atom. The number of hydrogen-bond acceptors (Lipinski definition) is 5. The van der Waals surface area contributed by atoms with E-state index in [4.69, 9.17) is 21.1 Å². The monoisotopic (exact) mass is 380 g/mol. The minimum atomic E-state index is 0.0740. The summed E-state index contributed by atoms with van der Waals surface area (Å²) in [6.07, 6.45) is 2.05. The summed E-state index contributed by atoms with van der Waals surface area (Å²) >= 11 is 7.88. The first-order chi connectivity index (χ1) is 12.1. The van der Waals surface area contributed by atoms with Crippen LogP contribution < -0.4 is 14.8 Å². The summed E-state index contributed by atoms with van der Waals surface area (Å²) in [6.45, 7) is 0.991. The number of ether oxygens (including phenoxy) is 2. The number of amides is 1. The summed E-state index contributed by atoms with van der Waals surface area (Å²) < 4.78 is 10.5. The Balaban J connectivity index is 1.69. The van der Waals surface area contributed by atoms with Gasteiger partial charge in [-0.2, -0.15) is 0 Å². The van der Waals surface area contributed by atoms with Crippen molar-refractivity contribution in [1.82, 2.24) is 4.90 Å². The molecule has 5 nitrogen and oxygen atoms in total. The third-order valence-electron chi connectivity index (χ3n) is 4.35. The van der Waals surface area contributed by atoms with Crippen molar-refractivity contribution in [3.63, 3.8) is 0 Å². The minimum Gasteiger partial charge on any atom is -0.495 e. The van der Waals surface area contributed by atoms with Crippen LogP contribution in [0.15, 0.2) is 29.6 Å². The second-order valence-electron chi connectivity index (χ2n) is 5.80. The number of halogens is 1. The van der Waals surface area contributed by atoms with Crippen LogP contribution in [0.2, 0.25) is 5.02 Å². The van der Waals surface area contributed by atoms with Gasteiger partial charge in [-0.25, -0.2) is 0 Å². The Kier molecular flexibility index (Phi) is 5.71. The average Bonchev–Trinajstić information content (AvgIpc) is 3.30. The maximum atomic E-state index is 12.7. The van der Waals surface area contributed by atoms with Gasteiger partial charge in [0.25, 0.3) is 0 Å². The van der Waals surface area contributed by atoms with E-state index in [1.807, 2.05) is 11.0 Å². The number of anilines is 1. The molecule has 2 heterocycles. The Hall–Kier alpha value is -1.92. The highest BCUT2D eigenvalue weighted by Gasteiger charge is 2.30. The molecule has 1 unspecified atom stereocenters. The first-order valence-electron chi connectivity index (χ1n) is 8.12. The van der Waals surface area contributed by atoms with Crippen molar-refractivity contribution >= 4 is 34.5 Å². The van der Waals surface area contributed by atoms with Gasteiger partial charge in [0, 0.05) is 17.5 Å². The van der Waals surface area contributed by atoms with E-state index in [1.54, 1.807) is 37.7 Å². The van der Waals surface area contributed by atoms with E-state index in [0.717, 1.165) is 19.4 Å². The van der Waals surface area contributed by atoms with Crippen molar-refractivity contribution in [2.24, 2.45) is 0 Å². The second-order valence-corrected chi connectivity index (χ2v) is 7.19. The molecule has 0 saturated carbocycles. The molecule has 1 fully saturated rings. The molecule has 1 aromatic carbocycles. The van der Waals surface area contributed by atoms with Gasteiger partial charge in [-0.1, -0.05) is 17.7 Å². The quantitative estimate of drug-likeness (QED) is 0.816. The number of rotatable bonds is 6. The van der Waals surface area contributed by atoms with Gasteiger partial charge in [0.2, 0.25) is 5.91 Å². The van der Waals surface area contributed by atoms with Gasteiger partial charge >= 0.3 is 0 Å². The first kappa shape index (κ1) is 17.9. The van der Waals surface area contributed by atoms with Gasteiger partial charge in [-0.05, 0) is 30.4 Å². The number of nitrogens with zero attached hydrogens (tertiary/aromatic N) is 1. The number of thiophene rings is 1. The maximum absolute atomic E-state index is 12.7. The highest BCUT2D eigenvalue weighted by Crippen LogP contribution is 2.37.